The summed E-state index contributed by atoms with van der Waals surface area (Å²) in [6, 6.07) is 2.74. The van der Waals surface area contributed by atoms with Crippen LogP contribution in [0.1, 0.15) is 6.42 Å². The van der Waals surface area contributed by atoms with Crippen LogP contribution in [0.3, 0.4) is 0 Å². The molecule has 3 aliphatic heterocycles. The summed E-state index contributed by atoms with van der Waals surface area (Å²) in [7, 11) is 0. The minimum atomic E-state index is -1.13. The predicted octanol–water partition coefficient (Wildman–Crippen LogP) is 2.14. The number of hydrogen-bond donors (Lipinski definition) is 1. The number of rotatable bonds is 4. The second kappa shape index (κ2) is 7.41. The molecule has 1 aromatic carbocycles. The standard InChI is InChI=1S/C19H18F2N4O3/c20-17-14(24-8-5-12(26)6-9-24)3-4-15(18(17)21)25-11-13(28-19(25)27)10-23-16-2-1-7-22-16/h1-5,8,13H,6-7,9-11H2,(H,22,23)/t13-/m0/s1. The summed E-state index contributed by atoms with van der Waals surface area (Å²) in [5, 5.41) is 3.05. The van der Waals surface area contributed by atoms with Crippen LogP contribution in [0.4, 0.5) is 25.0 Å². The van der Waals surface area contributed by atoms with Crippen LogP contribution in [-0.2, 0) is 9.53 Å². The monoisotopic (exact) mass is 388 g/mol. The molecule has 0 aromatic heterocycles. The van der Waals surface area contributed by atoms with E-state index < -0.39 is 23.8 Å². The molecule has 0 aliphatic carbocycles. The smallest absolute Gasteiger partial charge is 0.414 e. The van der Waals surface area contributed by atoms with Crippen LogP contribution in [0.5, 0.6) is 0 Å². The SMILES string of the molecule is O=C1C=CN(c2ccc(N3C[C@H](CNC4=NCC=C4)OC3=O)c(F)c2F)CC1. The highest BCUT2D eigenvalue weighted by molar-refractivity contribution is 5.95. The predicted molar refractivity (Wildman–Crippen MR) is 99.5 cm³/mol. The van der Waals surface area contributed by atoms with E-state index in [1.165, 1.54) is 29.3 Å². The van der Waals surface area contributed by atoms with Gasteiger partial charge in [-0.2, -0.15) is 0 Å². The number of allylic oxidation sites excluding steroid dienone is 1. The fourth-order valence-corrected chi connectivity index (χ4v) is 3.25. The quantitative estimate of drug-likeness (QED) is 0.856. The molecule has 1 aromatic rings. The van der Waals surface area contributed by atoms with Gasteiger partial charge in [-0.25, -0.2) is 13.6 Å². The zero-order chi connectivity index (χ0) is 19.7. The van der Waals surface area contributed by atoms with Gasteiger partial charge in [0.1, 0.15) is 11.9 Å². The van der Waals surface area contributed by atoms with Crippen molar-refractivity contribution in [3.05, 3.63) is 48.2 Å². The molecule has 146 valence electrons. The molecule has 0 saturated carbocycles. The number of cyclic esters (lactones) is 1. The van der Waals surface area contributed by atoms with Crippen molar-refractivity contribution in [2.24, 2.45) is 4.99 Å². The second-order valence-corrected chi connectivity index (χ2v) is 6.58. The van der Waals surface area contributed by atoms with Gasteiger partial charge in [0, 0.05) is 19.2 Å². The first-order chi connectivity index (χ1) is 13.5. The van der Waals surface area contributed by atoms with E-state index in [2.05, 4.69) is 10.3 Å². The molecule has 1 amide bonds. The molecule has 1 N–H and O–H groups in total. The molecular formula is C19H18F2N4O3. The molecule has 0 unspecified atom stereocenters. The van der Waals surface area contributed by atoms with Gasteiger partial charge in [-0.15, -0.1) is 0 Å². The number of ketones is 1. The van der Waals surface area contributed by atoms with Crippen LogP contribution in [0.25, 0.3) is 0 Å². The maximum absolute atomic E-state index is 14.7. The zero-order valence-electron chi connectivity index (χ0n) is 14.9. The Morgan fingerprint density at radius 2 is 1.96 bits per heavy atom. The largest absolute Gasteiger partial charge is 0.442 e. The van der Waals surface area contributed by atoms with Crippen molar-refractivity contribution in [3.8, 4) is 0 Å². The third kappa shape index (κ3) is 3.47. The molecule has 28 heavy (non-hydrogen) atoms. The Morgan fingerprint density at radius 1 is 1.18 bits per heavy atom. The van der Waals surface area contributed by atoms with Crippen molar-refractivity contribution < 1.29 is 23.1 Å². The lowest BCUT2D eigenvalue weighted by Gasteiger charge is -2.24. The molecule has 1 atom stereocenters. The van der Waals surface area contributed by atoms with E-state index in [1.807, 2.05) is 12.2 Å². The summed E-state index contributed by atoms with van der Waals surface area (Å²) in [5.41, 5.74) is -0.161. The van der Waals surface area contributed by atoms with Crippen molar-refractivity contribution in [2.45, 2.75) is 12.5 Å². The number of benzene rings is 1. The molecule has 0 spiro atoms. The van der Waals surface area contributed by atoms with E-state index in [0.29, 0.717) is 18.9 Å². The van der Waals surface area contributed by atoms with Crippen molar-refractivity contribution >= 4 is 29.1 Å². The highest BCUT2D eigenvalue weighted by Crippen LogP contribution is 2.32. The van der Waals surface area contributed by atoms with Gasteiger partial charge < -0.3 is 15.0 Å². The Morgan fingerprint density at radius 3 is 2.68 bits per heavy atom. The maximum atomic E-state index is 14.7. The van der Waals surface area contributed by atoms with Crippen molar-refractivity contribution in [2.75, 3.05) is 36.0 Å². The van der Waals surface area contributed by atoms with Gasteiger partial charge in [0.2, 0.25) is 0 Å². The van der Waals surface area contributed by atoms with Gasteiger partial charge in [0.25, 0.3) is 0 Å². The molecule has 3 aliphatic rings. The summed E-state index contributed by atoms with van der Waals surface area (Å²) < 4.78 is 34.6. The number of nitrogens with one attached hydrogen (secondary N) is 1. The topological polar surface area (TPSA) is 74.2 Å². The summed E-state index contributed by atoms with van der Waals surface area (Å²) in [6.45, 7) is 1.29. The molecule has 0 radical (unpaired) electrons. The summed E-state index contributed by atoms with van der Waals surface area (Å²) in [5.74, 6) is -1.57. The van der Waals surface area contributed by atoms with E-state index in [-0.39, 0.29) is 36.7 Å². The van der Waals surface area contributed by atoms with Crippen LogP contribution >= 0.6 is 0 Å². The van der Waals surface area contributed by atoms with Crippen LogP contribution in [-0.4, -0.2) is 50.0 Å². The molecule has 0 bridgehead atoms. The maximum Gasteiger partial charge on any atom is 0.414 e. The molecule has 9 heteroatoms. The number of hydrogen-bond acceptors (Lipinski definition) is 6. The van der Waals surface area contributed by atoms with Gasteiger partial charge >= 0.3 is 6.09 Å². The Kier molecular flexibility index (Phi) is 4.81. The van der Waals surface area contributed by atoms with E-state index in [4.69, 9.17) is 4.74 Å². The van der Waals surface area contributed by atoms with E-state index in [1.54, 1.807) is 0 Å². The Labute approximate surface area is 160 Å². The first kappa shape index (κ1) is 18.1. The lowest BCUT2D eigenvalue weighted by atomic mass is 10.1. The highest BCUT2D eigenvalue weighted by atomic mass is 19.2. The summed E-state index contributed by atoms with van der Waals surface area (Å²) in [6.07, 6.45) is 5.46. The third-order valence-corrected chi connectivity index (χ3v) is 4.71. The van der Waals surface area contributed by atoms with Gasteiger partial charge in [-0.05, 0) is 24.3 Å². The van der Waals surface area contributed by atoms with E-state index in [9.17, 15) is 18.4 Å². The first-order valence-electron chi connectivity index (χ1n) is 8.91. The molecular weight excluding hydrogens is 370 g/mol. The highest BCUT2D eigenvalue weighted by Gasteiger charge is 2.35. The summed E-state index contributed by atoms with van der Waals surface area (Å²) in [4.78, 5) is 30.1. The number of aliphatic imine (C=N–C) groups is 1. The number of amidine groups is 1. The third-order valence-electron chi connectivity index (χ3n) is 4.71. The average Bonchev–Trinajstić information content (AvgIpc) is 3.33. The molecule has 3 heterocycles. The molecule has 4 rings (SSSR count). The number of carbonyl (C=O) groups is 2. The number of anilines is 2. The Bertz CT molecular complexity index is 913. The fraction of sp³-hybridized carbons (Fsp3) is 0.316. The molecule has 1 saturated heterocycles. The Balaban J connectivity index is 1.48. The lowest BCUT2D eigenvalue weighted by molar-refractivity contribution is -0.114. The van der Waals surface area contributed by atoms with Gasteiger partial charge in [0.15, 0.2) is 17.4 Å². The van der Waals surface area contributed by atoms with Crippen molar-refractivity contribution in [1.82, 2.24) is 5.32 Å². The lowest BCUT2D eigenvalue weighted by Crippen LogP contribution is -2.33. The first-order valence-corrected chi connectivity index (χ1v) is 8.91. The fourth-order valence-electron chi connectivity index (χ4n) is 3.25. The number of nitrogens with zero attached hydrogens (tertiary/aromatic N) is 3. The van der Waals surface area contributed by atoms with E-state index in [0.717, 1.165) is 4.90 Å². The number of amides is 1. The van der Waals surface area contributed by atoms with E-state index >= 15 is 0 Å². The van der Waals surface area contributed by atoms with Gasteiger partial charge in [-0.1, -0.05) is 6.08 Å². The van der Waals surface area contributed by atoms with Crippen LogP contribution in [0, 0.1) is 11.6 Å². The van der Waals surface area contributed by atoms with Gasteiger partial charge in [0.05, 0.1) is 31.0 Å². The van der Waals surface area contributed by atoms with Crippen LogP contribution < -0.4 is 15.1 Å². The van der Waals surface area contributed by atoms with Crippen molar-refractivity contribution in [1.29, 1.82) is 0 Å². The van der Waals surface area contributed by atoms with Crippen LogP contribution in [0.15, 0.2) is 41.6 Å². The Hall–Kier alpha value is -3.23. The van der Waals surface area contributed by atoms with Crippen molar-refractivity contribution in [3.63, 3.8) is 0 Å². The van der Waals surface area contributed by atoms with Gasteiger partial charge in [-0.3, -0.25) is 14.7 Å². The number of ether oxygens (including phenoxy) is 1. The normalized spacial score (nSPS) is 21.4. The molecule has 7 nitrogen and oxygen atoms in total. The minimum absolute atomic E-state index is 0.0156. The number of carbonyl (C=O) groups excluding carboxylic acids is 2. The molecule has 1 fully saturated rings. The van der Waals surface area contributed by atoms with Crippen LogP contribution in [0.2, 0.25) is 0 Å². The zero-order valence-corrected chi connectivity index (χ0v) is 14.9. The summed E-state index contributed by atoms with van der Waals surface area (Å²) >= 11 is 0. The minimum Gasteiger partial charge on any atom is -0.442 e. The second-order valence-electron chi connectivity index (χ2n) is 6.58. The average molecular weight is 388 g/mol. The number of halogens is 2.